The zero-order valence-corrected chi connectivity index (χ0v) is 47.8. The van der Waals surface area contributed by atoms with E-state index in [1.807, 2.05) is 60.7 Å². The first-order valence-electron chi connectivity index (χ1n) is 25.1. The second-order valence-corrected chi connectivity index (χ2v) is 23.2. The topological polar surface area (TPSA) is 9.86 Å². The molecule has 12 aromatic rings. The summed E-state index contributed by atoms with van der Waals surface area (Å²) in [6, 6.07) is 92.1. The number of allylic oxidation sites excluding steroid dienone is 4. The molecule has 0 saturated carbocycles. The van der Waals surface area contributed by atoms with Crippen LogP contribution >= 0.6 is 15.8 Å². The van der Waals surface area contributed by atoms with E-state index in [1.54, 1.807) is 5.30 Å². The maximum atomic E-state index is 7.60. The Kier molecular flexibility index (Phi) is 18.0. The van der Waals surface area contributed by atoms with E-state index in [-0.39, 0.29) is 44.8 Å². The fraction of sp³-hybridized carbons (Fsp3) is 0.0286. The molecule has 0 bridgehead atoms. The summed E-state index contributed by atoms with van der Waals surface area (Å²) in [4.78, 5) is 0. The molecule has 2 nitrogen and oxygen atoms in total. The smallest absolute Gasteiger partial charge is 0.366 e. The van der Waals surface area contributed by atoms with Gasteiger partial charge >= 0.3 is 44.8 Å². The van der Waals surface area contributed by atoms with Crippen molar-refractivity contribution in [3.63, 3.8) is 0 Å². The van der Waals surface area contributed by atoms with Gasteiger partial charge in [-0.25, -0.2) is 0 Å². The van der Waals surface area contributed by atoms with Crippen molar-refractivity contribution in [2.45, 2.75) is 12.1 Å². The van der Waals surface area contributed by atoms with Crippen molar-refractivity contribution in [1.82, 2.24) is 9.13 Å². The summed E-state index contributed by atoms with van der Waals surface area (Å²) in [5.74, 6) is 5.14. The molecule has 0 fully saturated rings. The summed E-state index contributed by atoms with van der Waals surface area (Å²) >= 11 is 0. The van der Waals surface area contributed by atoms with Gasteiger partial charge in [-0.05, 0) is 113 Å². The molecule has 0 amide bonds. The fourth-order valence-electron chi connectivity index (χ4n) is 10.5. The Hall–Kier alpha value is -7.26. The van der Waals surface area contributed by atoms with E-state index in [1.165, 1.54) is 32.0 Å². The Morgan fingerprint density at radius 1 is 0.368 bits per heavy atom. The number of rotatable bonds is 8. The Bertz CT molecular complexity index is 3820. The summed E-state index contributed by atoms with van der Waals surface area (Å²) in [7, 11) is -2.11. The predicted octanol–water partition coefficient (Wildman–Crippen LogP) is 14.7. The van der Waals surface area contributed by atoms with Gasteiger partial charge in [0.25, 0.3) is 0 Å². The number of hydrogen-bond donors (Lipinski definition) is 0. The van der Waals surface area contributed by atoms with Crippen LogP contribution < -0.4 is 26.5 Å². The molecule has 2 aromatic heterocycles. The Balaban J connectivity index is 0.000000142. The summed E-state index contributed by atoms with van der Waals surface area (Å²) in [6.45, 7) is 0. The van der Waals surface area contributed by atoms with E-state index in [4.69, 9.17) is 12.8 Å². The molecule has 2 atom stereocenters. The zero-order chi connectivity index (χ0) is 50.1. The maximum Gasteiger partial charge on any atom is 1.00 e. The Labute approximate surface area is 480 Å². The standard InChI is InChI=1S/C30H26P2.2C20H12N.2Au/c1-5-15-25(16-6-1)31(26-17-7-2-8-18-26)29-23-13-14-24-30(29)32(27-19-9-3-10-20-27)28-21-11-4-12-22-28;2*1-2-15-9-8-13-18-17-12-6-7-14-19(17)21(20(15)18)16-10-4-3-5-11-16;;/h1-21,23-24,28H,22H2;2*3-14H;;/q;2*-1;2*+1/p+2. The molecule has 2 unspecified atom stereocenters. The van der Waals surface area contributed by atoms with Crippen molar-refractivity contribution in [1.29, 1.82) is 0 Å². The van der Waals surface area contributed by atoms with Crippen LogP contribution in [0.1, 0.15) is 17.5 Å². The quantitative estimate of drug-likeness (QED) is 0.0621. The van der Waals surface area contributed by atoms with E-state index >= 15 is 0 Å². The van der Waals surface area contributed by atoms with Crippen molar-refractivity contribution >= 4 is 86.0 Å². The minimum atomic E-state index is -1.11. The molecule has 2 heterocycles. The number of nitrogens with zero attached hydrogens (tertiary/aromatic N) is 2. The van der Waals surface area contributed by atoms with Crippen LogP contribution in [0.2, 0.25) is 0 Å². The third kappa shape index (κ3) is 11.0. The van der Waals surface area contributed by atoms with Crippen LogP contribution in [-0.2, 0) is 44.8 Å². The molecule has 0 radical (unpaired) electrons. The van der Waals surface area contributed by atoms with E-state index < -0.39 is 15.8 Å². The number of hydrogen-bond acceptors (Lipinski definition) is 0. The number of fused-ring (bicyclic) bond motifs is 6. The first-order chi connectivity index (χ1) is 36.7. The Morgan fingerprint density at radius 2 is 0.750 bits per heavy atom. The van der Waals surface area contributed by atoms with Crippen molar-refractivity contribution < 1.29 is 44.8 Å². The van der Waals surface area contributed by atoms with Crippen molar-refractivity contribution in [3.8, 4) is 23.2 Å². The van der Waals surface area contributed by atoms with E-state index in [9.17, 15) is 0 Å². The first-order valence-corrected chi connectivity index (χ1v) is 28.1. The molecule has 10 aromatic carbocycles. The van der Waals surface area contributed by atoms with Crippen LogP contribution in [0.3, 0.4) is 0 Å². The van der Waals surface area contributed by atoms with Crippen LogP contribution in [0.5, 0.6) is 0 Å². The summed E-state index contributed by atoms with van der Waals surface area (Å²) in [6.07, 6.45) is 25.5. The average molecular weight is 1380 g/mol. The molecule has 1 aliphatic rings. The molecular weight excluding hydrogens is 1320 g/mol. The third-order valence-electron chi connectivity index (χ3n) is 13.7. The van der Waals surface area contributed by atoms with Gasteiger partial charge in [0.15, 0.2) is 0 Å². The van der Waals surface area contributed by atoms with Crippen LogP contribution in [0.4, 0.5) is 0 Å². The molecule has 6 heteroatoms. The fourth-order valence-corrected chi connectivity index (χ4v) is 17.0. The van der Waals surface area contributed by atoms with Gasteiger partial charge in [-0.3, -0.25) is 11.8 Å². The number of benzene rings is 10. The van der Waals surface area contributed by atoms with Crippen LogP contribution in [-0.4, -0.2) is 14.8 Å². The van der Waals surface area contributed by atoms with Gasteiger partial charge in [-0.2, -0.15) is 0 Å². The normalized spacial score (nSPS) is 12.8. The largest absolute Gasteiger partial charge is 1.00 e. The predicted molar refractivity (Wildman–Crippen MR) is 321 cm³/mol. The van der Waals surface area contributed by atoms with Crippen LogP contribution in [0, 0.1) is 24.7 Å². The van der Waals surface area contributed by atoms with E-state index in [2.05, 4.69) is 245 Å². The molecule has 0 N–H and O–H groups in total. The van der Waals surface area contributed by atoms with E-state index in [0.29, 0.717) is 5.66 Å². The maximum absolute atomic E-state index is 7.60. The summed E-state index contributed by atoms with van der Waals surface area (Å²) < 4.78 is 4.42. The zero-order valence-electron chi connectivity index (χ0n) is 41.4. The third-order valence-corrected chi connectivity index (χ3v) is 19.9. The molecule has 0 aliphatic heterocycles. The molecule has 13 rings (SSSR count). The van der Waals surface area contributed by atoms with Crippen LogP contribution in [0.25, 0.3) is 55.0 Å². The Morgan fingerprint density at radius 3 is 1.18 bits per heavy atom. The summed E-state index contributed by atoms with van der Waals surface area (Å²) in [5, 5.41) is 12.2. The SMILES string of the molecule is C1=CCC([PH+](c2ccccc2)c2ccccc2[PH+](c2ccccc2)c2ccccc2)C=C1.[Au+].[Au+].[C-]#Cc1cccc2c3ccccc3n(-c3ccccc3)c12.[C-]#Cc1cccc2c3ccccc3n(-c3ccccc3)c12. The second-order valence-electron chi connectivity index (χ2n) is 18.1. The second kappa shape index (κ2) is 25.5. The molecule has 76 heavy (non-hydrogen) atoms. The summed E-state index contributed by atoms with van der Waals surface area (Å²) in [5.41, 5.74) is 8.78. The molecular formula is C70H52Au2N2P2+2. The van der Waals surface area contributed by atoms with Gasteiger partial charge in [-0.15, -0.1) is 23.3 Å². The minimum absolute atomic E-state index is 0. The van der Waals surface area contributed by atoms with Gasteiger partial charge < -0.3 is 22.0 Å². The van der Waals surface area contributed by atoms with Crippen molar-refractivity contribution in [2.24, 2.45) is 0 Å². The number of para-hydroxylation sites is 6. The molecule has 1 aliphatic carbocycles. The van der Waals surface area contributed by atoms with Gasteiger partial charge in [0, 0.05) is 28.6 Å². The first kappa shape index (κ1) is 53.6. The molecule has 372 valence electrons. The van der Waals surface area contributed by atoms with Crippen LogP contribution in [0.15, 0.2) is 285 Å². The van der Waals surface area contributed by atoms with Gasteiger partial charge in [0.05, 0.1) is 29.9 Å². The molecule has 0 saturated heterocycles. The average Bonchev–Trinajstić information content (AvgIpc) is 4.02. The van der Waals surface area contributed by atoms with Gasteiger partial charge in [-0.1, -0.05) is 182 Å². The van der Waals surface area contributed by atoms with Gasteiger partial charge in [0.1, 0.15) is 29.1 Å². The van der Waals surface area contributed by atoms with Crippen molar-refractivity contribution in [3.05, 3.63) is 309 Å². The minimum Gasteiger partial charge on any atom is -0.366 e. The molecule has 0 spiro atoms. The number of aromatic nitrogens is 2. The van der Waals surface area contributed by atoms with Gasteiger partial charge in [0.2, 0.25) is 0 Å². The monoisotopic (exact) mass is 1380 g/mol. The van der Waals surface area contributed by atoms with E-state index in [0.717, 1.165) is 61.8 Å². The van der Waals surface area contributed by atoms with Crippen molar-refractivity contribution in [2.75, 3.05) is 0 Å².